The second kappa shape index (κ2) is 7.25. The molecule has 1 amide bonds. The van der Waals surface area contributed by atoms with Crippen LogP contribution >= 0.6 is 0 Å². The molecule has 0 saturated carbocycles. The van der Waals surface area contributed by atoms with Gasteiger partial charge in [-0.3, -0.25) is 9.69 Å². The van der Waals surface area contributed by atoms with Gasteiger partial charge in [0.15, 0.2) is 0 Å². The van der Waals surface area contributed by atoms with Gasteiger partial charge in [0, 0.05) is 25.7 Å². The predicted octanol–water partition coefficient (Wildman–Crippen LogP) is 1.45. The first-order chi connectivity index (χ1) is 9.20. The lowest BCUT2D eigenvalue weighted by Crippen LogP contribution is -2.50. The van der Waals surface area contributed by atoms with Crippen LogP contribution in [0, 0.1) is 5.92 Å². The standard InChI is InChI=1S/C15H29N3O/c1-13-6-9-18(14(10-13)11-16)12-15(19)17-7-4-2-3-5-8-17/h13-14H,2-12,16H2,1H3. The number of amides is 1. The largest absolute Gasteiger partial charge is 0.342 e. The van der Waals surface area contributed by atoms with Gasteiger partial charge in [-0.15, -0.1) is 0 Å². The summed E-state index contributed by atoms with van der Waals surface area (Å²) in [5.41, 5.74) is 5.87. The SMILES string of the molecule is CC1CCN(CC(=O)N2CCCCCC2)C(CN)C1. The fourth-order valence-corrected chi connectivity index (χ4v) is 3.35. The van der Waals surface area contributed by atoms with Gasteiger partial charge in [0.2, 0.25) is 5.91 Å². The number of carbonyl (C=O) groups is 1. The van der Waals surface area contributed by atoms with Crippen LogP contribution in [-0.2, 0) is 4.79 Å². The van der Waals surface area contributed by atoms with Crippen LogP contribution in [0.5, 0.6) is 0 Å². The van der Waals surface area contributed by atoms with Crippen molar-refractivity contribution in [3.8, 4) is 0 Å². The van der Waals surface area contributed by atoms with E-state index in [1.165, 1.54) is 32.1 Å². The molecule has 19 heavy (non-hydrogen) atoms. The molecular formula is C15H29N3O. The molecule has 4 heteroatoms. The molecule has 2 N–H and O–H groups in total. The molecule has 2 heterocycles. The van der Waals surface area contributed by atoms with E-state index in [9.17, 15) is 4.79 Å². The van der Waals surface area contributed by atoms with Crippen LogP contribution < -0.4 is 5.73 Å². The minimum atomic E-state index is 0.315. The zero-order chi connectivity index (χ0) is 13.7. The van der Waals surface area contributed by atoms with Crippen molar-refractivity contribution < 1.29 is 4.79 Å². The van der Waals surface area contributed by atoms with Crippen molar-refractivity contribution in [2.45, 2.75) is 51.5 Å². The highest BCUT2D eigenvalue weighted by Crippen LogP contribution is 2.22. The normalized spacial score (nSPS) is 30.1. The molecule has 2 atom stereocenters. The van der Waals surface area contributed by atoms with Crippen LogP contribution in [0.15, 0.2) is 0 Å². The molecule has 2 aliphatic heterocycles. The highest BCUT2D eigenvalue weighted by atomic mass is 16.2. The summed E-state index contributed by atoms with van der Waals surface area (Å²) in [6, 6.07) is 0.402. The zero-order valence-corrected chi connectivity index (χ0v) is 12.3. The number of carbonyl (C=O) groups excluding carboxylic acids is 1. The predicted molar refractivity (Wildman–Crippen MR) is 77.9 cm³/mol. The molecule has 0 radical (unpaired) electrons. The summed E-state index contributed by atoms with van der Waals surface area (Å²) in [6.07, 6.45) is 7.23. The van der Waals surface area contributed by atoms with E-state index in [4.69, 9.17) is 5.73 Å². The van der Waals surface area contributed by atoms with Gasteiger partial charge in [0.05, 0.1) is 6.54 Å². The van der Waals surface area contributed by atoms with Crippen molar-refractivity contribution in [1.82, 2.24) is 9.80 Å². The summed E-state index contributed by atoms with van der Waals surface area (Å²) in [6.45, 7) is 6.48. The van der Waals surface area contributed by atoms with Gasteiger partial charge in [0.25, 0.3) is 0 Å². The molecule has 4 nitrogen and oxygen atoms in total. The average molecular weight is 267 g/mol. The zero-order valence-electron chi connectivity index (χ0n) is 12.3. The molecular weight excluding hydrogens is 238 g/mol. The molecule has 0 aliphatic carbocycles. The first kappa shape index (κ1) is 14.8. The van der Waals surface area contributed by atoms with Crippen LogP contribution in [0.2, 0.25) is 0 Å². The fourth-order valence-electron chi connectivity index (χ4n) is 3.35. The summed E-state index contributed by atoms with van der Waals surface area (Å²) in [4.78, 5) is 16.8. The number of hydrogen-bond donors (Lipinski definition) is 1. The smallest absolute Gasteiger partial charge is 0.236 e. The van der Waals surface area contributed by atoms with Gasteiger partial charge in [-0.1, -0.05) is 19.8 Å². The summed E-state index contributed by atoms with van der Waals surface area (Å²) in [5, 5.41) is 0. The molecule has 2 unspecified atom stereocenters. The number of piperidine rings is 1. The minimum absolute atomic E-state index is 0.315. The Balaban J connectivity index is 1.86. The van der Waals surface area contributed by atoms with Crippen molar-refractivity contribution >= 4 is 5.91 Å². The molecule has 110 valence electrons. The summed E-state index contributed by atoms with van der Waals surface area (Å²) in [5.74, 6) is 1.06. The third-order valence-corrected chi connectivity index (χ3v) is 4.67. The van der Waals surface area contributed by atoms with Gasteiger partial charge < -0.3 is 10.6 Å². The molecule has 0 bridgehead atoms. The Morgan fingerprint density at radius 1 is 1.16 bits per heavy atom. The highest BCUT2D eigenvalue weighted by molar-refractivity contribution is 5.78. The van der Waals surface area contributed by atoms with Crippen LogP contribution in [0.4, 0.5) is 0 Å². The lowest BCUT2D eigenvalue weighted by atomic mass is 9.92. The average Bonchev–Trinajstić information content (AvgIpc) is 2.69. The maximum absolute atomic E-state index is 12.4. The number of nitrogens with two attached hydrogens (primary N) is 1. The Bertz CT molecular complexity index is 287. The van der Waals surface area contributed by atoms with E-state index in [1.54, 1.807) is 0 Å². The second-order valence-corrected chi connectivity index (χ2v) is 6.28. The molecule has 2 rings (SSSR count). The van der Waals surface area contributed by atoms with E-state index in [0.717, 1.165) is 32.0 Å². The first-order valence-electron chi connectivity index (χ1n) is 7.92. The fraction of sp³-hybridized carbons (Fsp3) is 0.933. The molecule has 2 saturated heterocycles. The van der Waals surface area contributed by atoms with Crippen molar-refractivity contribution in [2.24, 2.45) is 11.7 Å². The van der Waals surface area contributed by atoms with E-state index in [0.29, 0.717) is 25.0 Å². The van der Waals surface area contributed by atoms with Gasteiger partial charge in [-0.2, -0.15) is 0 Å². The molecule has 0 spiro atoms. The van der Waals surface area contributed by atoms with E-state index >= 15 is 0 Å². The second-order valence-electron chi connectivity index (χ2n) is 6.28. The molecule has 0 aromatic heterocycles. The third kappa shape index (κ3) is 4.18. The Morgan fingerprint density at radius 2 is 1.84 bits per heavy atom. The van der Waals surface area contributed by atoms with E-state index in [-0.39, 0.29) is 0 Å². The van der Waals surface area contributed by atoms with Gasteiger partial charge in [-0.05, 0) is 38.1 Å². The Morgan fingerprint density at radius 3 is 2.47 bits per heavy atom. The Kier molecular flexibility index (Phi) is 5.64. The first-order valence-corrected chi connectivity index (χ1v) is 7.92. The maximum Gasteiger partial charge on any atom is 0.236 e. The monoisotopic (exact) mass is 267 g/mol. The molecule has 0 aromatic carbocycles. The van der Waals surface area contributed by atoms with Crippen molar-refractivity contribution in [3.05, 3.63) is 0 Å². The van der Waals surface area contributed by atoms with E-state index in [1.807, 2.05) is 0 Å². The van der Waals surface area contributed by atoms with Gasteiger partial charge in [0.1, 0.15) is 0 Å². The van der Waals surface area contributed by atoms with Gasteiger partial charge in [-0.25, -0.2) is 0 Å². The molecule has 0 aromatic rings. The molecule has 2 fully saturated rings. The number of hydrogen-bond acceptors (Lipinski definition) is 3. The maximum atomic E-state index is 12.4. The highest BCUT2D eigenvalue weighted by Gasteiger charge is 2.28. The van der Waals surface area contributed by atoms with Crippen LogP contribution in [-0.4, -0.2) is 54.5 Å². The Hall–Kier alpha value is -0.610. The van der Waals surface area contributed by atoms with Gasteiger partial charge >= 0.3 is 0 Å². The van der Waals surface area contributed by atoms with Crippen LogP contribution in [0.25, 0.3) is 0 Å². The summed E-state index contributed by atoms with van der Waals surface area (Å²) < 4.78 is 0. The minimum Gasteiger partial charge on any atom is -0.342 e. The van der Waals surface area contributed by atoms with Crippen LogP contribution in [0.1, 0.15) is 45.4 Å². The van der Waals surface area contributed by atoms with Crippen molar-refractivity contribution in [3.63, 3.8) is 0 Å². The lowest BCUT2D eigenvalue weighted by molar-refractivity contribution is -0.133. The van der Waals surface area contributed by atoms with E-state index in [2.05, 4.69) is 16.7 Å². The van der Waals surface area contributed by atoms with E-state index < -0.39 is 0 Å². The van der Waals surface area contributed by atoms with Crippen LogP contribution in [0.3, 0.4) is 0 Å². The third-order valence-electron chi connectivity index (χ3n) is 4.67. The summed E-state index contributed by atoms with van der Waals surface area (Å²) in [7, 11) is 0. The Labute approximate surface area is 117 Å². The number of likely N-dealkylation sites (tertiary alicyclic amines) is 2. The lowest BCUT2D eigenvalue weighted by Gasteiger charge is -2.38. The van der Waals surface area contributed by atoms with Crippen molar-refractivity contribution in [2.75, 3.05) is 32.7 Å². The number of nitrogens with zero attached hydrogens (tertiary/aromatic N) is 2. The van der Waals surface area contributed by atoms with Crippen molar-refractivity contribution in [1.29, 1.82) is 0 Å². The topological polar surface area (TPSA) is 49.6 Å². The number of rotatable bonds is 3. The summed E-state index contributed by atoms with van der Waals surface area (Å²) >= 11 is 0. The quantitative estimate of drug-likeness (QED) is 0.842. The molecule has 2 aliphatic rings.